The van der Waals surface area contributed by atoms with Crippen LogP contribution in [0.25, 0.3) is 0 Å². The molecule has 3 aromatic rings. The van der Waals surface area contributed by atoms with E-state index < -0.39 is 144 Å². The van der Waals surface area contributed by atoms with Crippen molar-refractivity contribution < 1.29 is 81.9 Å². The van der Waals surface area contributed by atoms with Crippen molar-refractivity contribution in [3.05, 3.63) is 82.3 Å². The highest BCUT2D eigenvalue weighted by Gasteiger charge is 2.44. The minimum absolute atomic E-state index is 0.00304. The van der Waals surface area contributed by atoms with Gasteiger partial charge in [0.2, 0.25) is 41.4 Å². The number of aromatic nitrogens is 1. The highest BCUT2D eigenvalue weighted by molar-refractivity contribution is 7.09. The topological polar surface area (TPSA) is 419 Å². The molecule has 2 aromatic carbocycles. The maximum Gasteiger partial charge on any atom is 0.408 e. The maximum absolute atomic E-state index is 14.8. The van der Waals surface area contributed by atoms with Crippen molar-refractivity contribution in [2.45, 2.75) is 226 Å². The van der Waals surface area contributed by atoms with Crippen LogP contribution in [0.2, 0.25) is 0 Å². The number of methoxy groups -OCH3 is 2. The molecule has 12 atom stereocenters. The number of anilines is 1. The van der Waals surface area contributed by atoms with E-state index in [0.29, 0.717) is 44.2 Å². The molecule has 0 spiro atoms. The van der Waals surface area contributed by atoms with E-state index in [1.807, 2.05) is 49.6 Å². The summed E-state index contributed by atoms with van der Waals surface area (Å²) in [4.78, 5) is 157. The van der Waals surface area contributed by atoms with Crippen molar-refractivity contribution in [3.8, 4) is 0 Å². The number of likely N-dealkylation sites (N-methyl/N-ethyl adjacent to an activating group) is 1. The lowest BCUT2D eigenvalue weighted by Gasteiger charge is -2.41. The largest absolute Gasteiger partial charge is 0.445 e. The van der Waals surface area contributed by atoms with Crippen LogP contribution >= 0.6 is 11.3 Å². The molecule has 2 heterocycles. The Hall–Kier alpha value is -8.52. The summed E-state index contributed by atoms with van der Waals surface area (Å²) in [5.41, 5.74) is 4.68. The summed E-state index contributed by atoms with van der Waals surface area (Å²) in [5.74, 6) is -6.76. The minimum atomic E-state index is -1.85. The second kappa shape index (κ2) is 42.3. The molecular formula is C72H113N13O17S. The average Bonchev–Trinajstić information content (AvgIpc) is 1.80. The number of benzene rings is 2. The third-order valence-electron chi connectivity index (χ3n) is 17.9. The molecule has 0 radical (unpaired) electrons. The monoisotopic (exact) mass is 1460 g/mol. The van der Waals surface area contributed by atoms with Crippen LogP contribution in [0.5, 0.6) is 0 Å². The number of alkyl carbamates (subject to hydrolysis) is 2. The molecule has 103 heavy (non-hydrogen) atoms. The standard InChI is InChI=1S/C72H113N13O17S/c1-16-44(6)58(54(99-14)39-55(88)85-36-23-28-52(85)59(100-15)45(7)60(89)80-51(65-74-35-37-103-65)38-46-24-18-17-19-25-46)84(13)66(94)57(43(4)5)82-67(95)72(11,12)83-70(98)101-41-47-29-31-48(32-30-47)77-61(90)50(27-22-34-75-68(73)96)79-64(93)56(42(2)3)81-62(91)49(78-63(92)53(87)40-86)26-20-21-33-76-69(97)102-71(8,9)10/h17-19,24-25,29-32,35,37,42-45,49-54,56-59,86-87H,16,20-23,26-28,33-34,36,38-41H2,1-15H3,(H,76,97)(H,77,90)(H,78,92)(H,79,93)(H,80,89)(H,81,91)(H,82,95)(H,83,98)(H3,73,75,96)/t44-,45+,49-,50-,51-,52-,53-,54+,56-,57-,58-,59+/m0/s1. The fraction of sp³-hybridized carbons (Fsp3) is 0.639. The summed E-state index contributed by atoms with van der Waals surface area (Å²) < 4.78 is 22.9. The average molecular weight is 1460 g/mol. The second-order valence-electron chi connectivity index (χ2n) is 28.3. The van der Waals surface area contributed by atoms with Crippen molar-refractivity contribution in [2.75, 3.05) is 52.8 Å². The lowest BCUT2D eigenvalue weighted by atomic mass is 9.89. The van der Waals surface area contributed by atoms with Gasteiger partial charge in [0.1, 0.15) is 46.9 Å². The highest BCUT2D eigenvalue weighted by Crippen LogP contribution is 2.31. The van der Waals surface area contributed by atoms with Gasteiger partial charge in [-0.15, -0.1) is 11.3 Å². The number of carbonyl (C=O) groups is 11. The Morgan fingerprint density at radius 3 is 1.94 bits per heavy atom. The van der Waals surface area contributed by atoms with E-state index >= 15 is 0 Å². The van der Waals surface area contributed by atoms with Crippen LogP contribution < -0.4 is 53.6 Å². The number of aliphatic hydroxyl groups is 2. The fourth-order valence-corrected chi connectivity index (χ4v) is 12.7. The number of nitrogens with two attached hydrogens (primary N) is 1. The van der Waals surface area contributed by atoms with Gasteiger partial charge in [0.05, 0.1) is 49.3 Å². The van der Waals surface area contributed by atoms with Gasteiger partial charge in [-0.1, -0.05) is 97.4 Å². The molecule has 0 saturated carbocycles. The van der Waals surface area contributed by atoms with Crippen LogP contribution in [0.3, 0.4) is 0 Å². The Morgan fingerprint density at radius 1 is 0.728 bits per heavy atom. The molecule has 0 unspecified atom stereocenters. The van der Waals surface area contributed by atoms with Gasteiger partial charge in [-0.3, -0.25) is 38.4 Å². The van der Waals surface area contributed by atoms with Crippen LogP contribution in [-0.2, 0) is 70.3 Å². The number of amides is 12. The number of hydrogen-bond acceptors (Lipinski definition) is 19. The van der Waals surface area contributed by atoms with Crippen LogP contribution in [0.1, 0.15) is 163 Å². The summed E-state index contributed by atoms with van der Waals surface area (Å²) in [6.07, 6.45) is -0.0582. The zero-order chi connectivity index (χ0) is 76.9. The number of ether oxygens (including phenoxy) is 4. The molecule has 574 valence electrons. The van der Waals surface area contributed by atoms with Crippen molar-refractivity contribution in [2.24, 2.45) is 29.4 Å². The van der Waals surface area contributed by atoms with E-state index in [1.54, 1.807) is 92.8 Å². The van der Waals surface area contributed by atoms with Crippen LogP contribution in [0, 0.1) is 23.7 Å². The summed E-state index contributed by atoms with van der Waals surface area (Å²) in [7, 11) is 4.66. The lowest BCUT2D eigenvalue weighted by Crippen LogP contribution is -2.62. The zero-order valence-corrected chi connectivity index (χ0v) is 63.2. The highest BCUT2D eigenvalue weighted by atomic mass is 32.1. The smallest absolute Gasteiger partial charge is 0.408 e. The van der Waals surface area contributed by atoms with Crippen molar-refractivity contribution in [1.82, 2.24) is 57.3 Å². The Kier molecular flexibility index (Phi) is 35.7. The van der Waals surface area contributed by atoms with Crippen LogP contribution in [0.15, 0.2) is 66.2 Å². The van der Waals surface area contributed by atoms with Crippen molar-refractivity contribution in [1.29, 1.82) is 0 Å². The summed E-state index contributed by atoms with van der Waals surface area (Å²) >= 11 is 1.46. The normalized spacial score (nSPS) is 16.3. The lowest BCUT2D eigenvalue weighted by molar-refractivity contribution is -0.148. The van der Waals surface area contributed by atoms with Gasteiger partial charge < -0.3 is 92.5 Å². The molecule has 13 N–H and O–H groups in total. The molecule has 4 rings (SSSR count). The molecule has 1 aliphatic heterocycles. The van der Waals surface area contributed by atoms with E-state index in [9.17, 15) is 63.0 Å². The number of unbranched alkanes of at least 4 members (excludes halogenated alkanes) is 1. The summed E-state index contributed by atoms with van der Waals surface area (Å²) in [5, 5.41) is 46.2. The van der Waals surface area contributed by atoms with E-state index in [0.717, 1.165) is 10.6 Å². The predicted octanol–water partition coefficient (Wildman–Crippen LogP) is 4.85. The van der Waals surface area contributed by atoms with Gasteiger partial charge >= 0.3 is 18.2 Å². The Morgan fingerprint density at radius 2 is 1.36 bits per heavy atom. The van der Waals surface area contributed by atoms with Gasteiger partial charge in [-0.2, -0.15) is 0 Å². The van der Waals surface area contributed by atoms with Crippen molar-refractivity contribution in [3.63, 3.8) is 0 Å². The van der Waals surface area contributed by atoms with Gasteiger partial charge in [0.25, 0.3) is 5.91 Å². The SMILES string of the molecule is CC[C@H](C)[C@@H]([C@@H](CC(=O)N1CCC[C@H]1[C@H](OC)[C@@H](C)C(=O)N[C@@H](Cc1ccccc1)c1nccs1)OC)N(C)C(=O)[C@@H](NC(=O)C(C)(C)NC(=O)OCc1ccc(NC(=O)[C@H](CCCNC(N)=O)NC(=O)[C@@H](NC(=O)[C@H](CCCCNC(=O)OC(C)(C)C)NC(=O)[C@@H](O)CO)C(C)C)cc1)C(C)C. The first kappa shape index (κ1) is 86.9. The molecule has 30 nitrogen and oxygen atoms in total. The van der Waals surface area contributed by atoms with Gasteiger partial charge in [0, 0.05) is 58.2 Å². The molecular weight excluding hydrogens is 1350 g/mol. The molecule has 1 saturated heterocycles. The third kappa shape index (κ3) is 28.2. The number of thiazole rings is 1. The zero-order valence-electron chi connectivity index (χ0n) is 62.4. The number of rotatable bonds is 41. The number of hydrogen-bond donors (Lipinski definition) is 12. The molecule has 0 aliphatic carbocycles. The third-order valence-corrected chi connectivity index (χ3v) is 18.8. The Bertz CT molecular complexity index is 3230. The number of aliphatic hydroxyl groups excluding tert-OH is 2. The Balaban J connectivity index is 1.38. The quantitative estimate of drug-likeness (QED) is 0.0338. The first-order valence-corrected chi connectivity index (χ1v) is 36.2. The molecule has 1 aromatic heterocycles. The van der Waals surface area contributed by atoms with Crippen LogP contribution in [0.4, 0.5) is 20.1 Å². The number of primary amides is 1. The second-order valence-corrected chi connectivity index (χ2v) is 29.3. The van der Waals surface area contributed by atoms with E-state index in [4.69, 9.17) is 24.7 Å². The van der Waals surface area contributed by atoms with Crippen molar-refractivity contribution >= 4 is 82.5 Å². The summed E-state index contributed by atoms with van der Waals surface area (Å²) in [6, 6.07) is 8.84. The molecule has 12 amide bonds. The number of urea groups is 1. The first-order valence-electron chi connectivity index (χ1n) is 35.3. The molecule has 1 aliphatic rings. The number of nitrogens with zero attached hydrogens (tertiary/aromatic N) is 3. The molecule has 1 fully saturated rings. The molecule has 31 heteroatoms. The number of carbonyl (C=O) groups excluding carboxylic acids is 11. The van der Waals surface area contributed by atoms with E-state index in [2.05, 4.69) is 52.8 Å². The molecule has 0 bridgehead atoms. The fourth-order valence-electron chi connectivity index (χ4n) is 12.0. The Labute approximate surface area is 609 Å². The maximum atomic E-state index is 14.8. The number of nitrogens with one attached hydrogen (secondary N) is 9. The predicted molar refractivity (Wildman–Crippen MR) is 387 cm³/mol. The number of likely N-dealkylation sites (tertiary alicyclic amines) is 1. The first-order chi connectivity index (χ1) is 48.6. The van der Waals surface area contributed by atoms with Crippen LogP contribution in [-0.4, -0.2) is 204 Å². The van der Waals surface area contributed by atoms with Gasteiger partial charge in [0.15, 0.2) is 6.10 Å². The van der Waals surface area contributed by atoms with Gasteiger partial charge in [-0.05, 0) is 127 Å². The van der Waals surface area contributed by atoms with E-state index in [-0.39, 0.29) is 81.3 Å². The van der Waals surface area contributed by atoms with E-state index in [1.165, 1.54) is 49.3 Å². The van der Waals surface area contributed by atoms with Gasteiger partial charge in [-0.25, -0.2) is 19.4 Å². The summed E-state index contributed by atoms with van der Waals surface area (Å²) in [6.45, 7) is 20.0. The minimum Gasteiger partial charge on any atom is -0.445 e.